The van der Waals surface area contributed by atoms with Gasteiger partial charge in [-0.1, -0.05) is 12.1 Å². The van der Waals surface area contributed by atoms with Gasteiger partial charge in [-0.2, -0.15) is 5.10 Å². The Morgan fingerprint density at radius 1 is 1.00 bits per heavy atom. The molecule has 0 radical (unpaired) electrons. The van der Waals surface area contributed by atoms with Gasteiger partial charge in [-0.05, 0) is 35.9 Å². The minimum atomic E-state index is 0.557. The van der Waals surface area contributed by atoms with Crippen LogP contribution in [0.4, 0.5) is 11.5 Å². The van der Waals surface area contributed by atoms with E-state index in [1.807, 2.05) is 55.7 Å². The molecule has 0 amide bonds. The highest BCUT2D eigenvalue weighted by atomic mass is 16.5. The lowest BCUT2D eigenvalue weighted by atomic mass is 10.2. The van der Waals surface area contributed by atoms with Crippen molar-refractivity contribution in [2.45, 2.75) is 6.54 Å². The quantitative estimate of drug-likeness (QED) is 0.575. The fourth-order valence-corrected chi connectivity index (χ4v) is 2.95. The maximum atomic E-state index is 5.81. The van der Waals surface area contributed by atoms with Crippen molar-refractivity contribution in [3.8, 4) is 17.1 Å². The Balaban J connectivity index is 1.62. The molecule has 3 aromatic heterocycles. The number of ether oxygens (including phenoxy) is 1. The van der Waals surface area contributed by atoms with Gasteiger partial charge in [0.25, 0.3) is 0 Å². The highest BCUT2D eigenvalue weighted by molar-refractivity contribution is 5.82. The number of nitrogens with two attached hydrogens (primary N) is 1. The van der Waals surface area contributed by atoms with Gasteiger partial charge in [0.1, 0.15) is 17.3 Å². The van der Waals surface area contributed by atoms with Crippen molar-refractivity contribution in [3.05, 3.63) is 66.5 Å². The summed E-state index contributed by atoms with van der Waals surface area (Å²) >= 11 is 0. The Bertz CT molecular complexity index is 1110. The lowest BCUT2D eigenvalue weighted by Crippen LogP contribution is -2.17. The van der Waals surface area contributed by atoms with Gasteiger partial charge in [0.2, 0.25) is 0 Å². The largest absolute Gasteiger partial charge is 0.497 e. The molecule has 0 aliphatic carbocycles. The van der Waals surface area contributed by atoms with Crippen LogP contribution in [0.5, 0.6) is 5.75 Å². The van der Waals surface area contributed by atoms with Gasteiger partial charge < -0.3 is 15.4 Å². The maximum Gasteiger partial charge on any atom is 0.130 e. The van der Waals surface area contributed by atoms with Crippen LogP contribution in [0.15, 0.2) is 60.9 Å². The Hall–Kier alpha value is -3.74. The average molecular weight is 372 g/mol. The van der Waals surface area contributed by atoms with Crippen LogP contribution in [0.25, 0.3) is 22.3 Å². The van der Waals surface area contributed by atoms with Gasteiger partial charge in [-0.3, -0.25) is 0 Å². The summed E-state index contributed by atoms with van der Waals surface area (Å²) in [4.78, 5) is 11.4. The summed E-state index contributed by atoms with van der Waals surface area (Å²) in [7, 11) is 3.67. The smallest absolute Gasteiger partial charge is 0.130 e. The van der Waals surface area contributed by atoms with E-state index in [-0.39, 0.29) is 0 Å². The zero-order valence-electron chi connectivity index (χ0n) is 15.7. The summed E-state index contributed by atoms with van der Waals surface area (Å²) in [5.41, 5.74) is 9.75. The summed E-state index contributed by atoms with van der Waals surface area (Å²) in [5, 5.41) is 8.98. The van der Waals surface area contributed by atoms with E-state index in [4.69, 9.17) is 15.5 Å². The molecule has 0 bridgehead atoms. The predicted molar refractivity (Wildman–Crippen MR) is 110 cm³/mol. The van der Waals surface area contributed by atoms with E-state index in [2.05, 4.69) is 20.1 Å². The number of methoxy groups -OCH3 is 1. The number of rotatable bonds is 5. The molecule has 0 aliphatic rings. The van der Waals surface area contributed by atoms with Crippen molar-refractivity contribution in [1.29, 1.82) is 0 Å². The first-order valence-electron chi connectivity index (χ1n) is 8.82. The summed E-state index contributed by atoms with van der Waals surface area (Å²) in [6, 6.07) is 15.6. The van der Waals surface area contributed by atoms with E-state index in [1.165, 1.54) is 11.8 Å². The van der Waals surface area contributed by atoms with Crippen molar-refractivity contribution in [2.75, 3.05) is 24.8 Å². The molecule has 1 aromatic carbocycles. The normalized spacial score (nSPS) is 10.8. The lowest BCUT2D eigenvalue weighted by Gasteiger charge is -2.18. The molecule has 0 saturated heterocycles. The Morgan fingerprint density at radius 3 is 2.57 bits per heavy atom. The molecule has 0 atom stereocenters. The van der Waals surface area contributed by atoms with Crippen molar-refractivity contribution in [1.82, 2.24) is 20.2 Å². The minimum Gasteiger partial charge on any atom is -0.497 e. The van der Waals surface area contributed by atoms with E-state index in [0.29, 0.717) is 11.4 Å². The molecule has 7 nitrogen and oxygen atoms in total. The zero-order chi connectivity index (χ0) is 19.5. The van der Waals surface area contributed by atoms with Crippen LogP contribution in [0.3, 0.4) is 0 Å². The first-order valence-corrected chi connectivity index (χ1v) is 8.82. The van der Waals surface area contributed by atoms with Crippen LogP contribution in [0.2, 0.25) is 0 Å². The van der Waals surface area contributed by atoms with Crippen molar-refractivity contribution in [3.63, 3.8) is 0 Å². The fraction of sp³-hybridized carbons (Fsp3) is 0.143. The summed E-state index contributed by atoms with van der Waals surface area (Å²) in [6.07, 6.45) is 3.34. The van der Waals surface area contributed by atoms with E-state index in [0.717, 1.165) is 34.7 Å². The predicted octanol–water partition coefficient (Wildman–Crippen LogP) is 3.31. The number of nitrogens with zero attached hydrogens (tertiary/aromatic N) is 5. The third kappa shape index (κ3) is 3.68. The first-order chi connectivity index (χ1) is 13.6. The lowest BCUT2D eigenvalue weighted by molar-refractivity contribution is 0.414. The second kappa shape index (κ2) is 7.48. The fourth-order valence-electron chi connectivity index (χ4n) is 2.95. The van der Waals surface area contributed by atoms with E-state index in [1.54, 1.807) is 13.2 Å². The van der Waals surface area contributed by atoms with Crippen molar-refractivity contribution in [2.24, 2.45) is 0 Å². The average Bonchev–Trinajstić information content (AvgIpc) is 2.73. The number of hydrogen-bond donors (Lipinski definition) is 1. The molecule has 2 N–H and O–H groups in total. The van der Waals surface area contributed by atoms with Gasteiger partial charge in [-0.25, -0.2) is 9.97 Å². The molecule has 0 aliphatic heterocycles. The molecule has 140 valence electrons. The van der Waals surface area contributed by atoms with Crippen molar-refractivity contribution >= 4 is 22.4 Å². The molecule has 0 fully saturated rings. The number of pyridine rings is 2. The van der Waals surface area contributed by atoms with Crippen molar-refractivity contribution < 1.29 is 4.74 Å². The number of hydrogen-bond acceptors (Lipinski definition) is 7. The Kier molecular flexibility index (Phi) is 4.72. The molecule has 3 heterocycles. The summed E-state index contributed by atoms with van der Waals surface area (Å²) in [6.45, 7) is 0.725. The van der Waals surface area contributed by atoms with Crippen LogP contribution in [0.1, 0.15) is 5.56 Å². The second-order valence-electron chi connectivity index (χ2n) is 6.51. The molecular weight excluding hydrogens is 352 g/mol. The SMILES string of the molecule is COc1ccc(CN(C)c2cc3nc(-c4cc(N)cnn4)ccc3cn2)cc1. The van der Waals surface area contributed by atoms with Gasteiger partial charge in [0.05, 0.1) is 30.2 Å². The zero-order valence-corrected chi connectivity index (χ0v) is 15.7. The van der Waals surface area contributed by atoms with E-state index >= 15 is 0 Å². The molecule has 0 unspecified atom stereocenters. The van der Waals surface area contributed by atoms with Crippen LogP contribution in [0, 0.1) is 0 Å². The number of nitrogen functional groups attached to an aromatic ring is 1. The second-order valence-corrected chi connectivity index (χ2v) is 6.51. The van der Waals surface area contributed by atoms with Crippen LogP contribution in [-0.2, 0) is 6.54 Å². The maximum absolute atomic E-state index is 5.81. The van der Waals surface area contributed by atoms with Crippen LogP contribution in [-0.4, -0.2) is 34.3 Å². The van der Waals surface area contributed by atoms with Gasteiger partial charge in [0.15, 0.2) is 0 Å². The molecule has 4 aromatic rings. The van der Waals surface area contributed by atoms with E-state index < -0.39 is 0 Å². The third-order valence-corrected chi connectivity index (χ3v) is 4.47. The minimum absolute atomic E-state index is 0.557. The molecule has 4 rings (SSSR count). The topological polar surface area (TPSA) is 90.0 Å². The molecular formula is C21H20N6O. The number of fused-ring (bicyclic) bond motifs is 1. The Labute approximate surface area is 162 Å². The van der Waals surface area contributed by atoms with Gasteiger partial charge in [0, 0.05) is 31.2 Å². The van der Waals surface area contributed by atoms with Gasteiger partial charge in [-0.15, -0.1) is 5.10 Å². The first kappa shape index (κ1) is 17.7. The standard InChI is InChI=1S/C21H20N6O/c1-27(13-14-3-6-17(28-2)7-4-14)21-10-19-15(11-23-21)5-8-18(25-19)20-9-16(22)12-24-26-20/h3-12H,13H2,1-2H3,(H2,22,26). The third-order valence-electron chi connectivity index (χ3n) is 4.47. The van der Waals surface area contributed by atoms with Crippen LogP contribution < -0.4 is 15.4 Å². The molecule has 28 heavy (non-hydrogen) atoms. The van der Waals surface area contributed by atoms with Gasteiger partial charge >= 0.3 is 0 Å². The molecule has 0 saturated carbocycles. The number of benzene rings is 1. The summed E-state index contributed by atoms with van der Waals surface area (Å²) < 4.78 is 5.21. The highest BCUT2D eigenvalue weighted by Gasteiger charge is 2.09. The van der Waals surface area contributed by atoms with E-state index in [9.17, 15) is 0 Å². The molecule has 0 spiro atoms. The number of anilines is 2. The van der Waals surface area contributed by atoms with Crippen LogP contribution >= 0.6 is 0 Å². The highest BCUT2D eigenvalue weighted by Crippen LogP contribution is 2.23. The number of aromatic nitrogens is 4. The summed E-state index contributed by atoms with van der Waals surface area (Å²) in [5.74, 6) is 1.68. The monoisotopic (exact) mass is 372 g/mol. The molecule has 7 heteroatoms. The Morgan fingerprint density at radius 2 is 1.82 bits per heavy atom.